The molecule has 3 aromatic rings. The van der Waals surface area contributed by atoms with E-state index in [2.05, 4.69) is 10.6 Å². The van der Waals surface area contributed by atoms with Crippen LogP contribution in [0.4, 0.5) is 11.4 Å². The van der Waals surface area contributed by atoms with Gasteiger partial charge < -0.3 is 20.5 Å². The molecular weight excluding hydrogens is 408 g/mol. The molecule has 7 heteroatoms. The number of amides is 2. The first-order valence-electron chi connectivity index (χ1n) is 9.99. The van der Waals surface area contributed by atoms with E-state index in [9.17, 15) is 14.4 Å². The number of carboxylic acids is 1. The molecule has 7 nitrogen and oxygen atoms in total. The molecule has 3 rings (SSSR count). The quantitative estimate of drug-likeness (QED) is 0.507. The van der Waals surface area contributed by atoms with E-state index >= 15 is 0 Å². The van der Waals surface area contributed by atoms with E-state index in [1.165, 1.54) is 24.3 Å². The van der Waals surface area contributed by atoms with Gasteiger partial charge in [-0.15, -0.1) is 0 Å². The van der Waals surface area contributed by atoms with Gasteiger partial charge in [0.15, 0.2) is 6.61 Å². The van der Waals surface area contributed by atoms with E-state index < -0.39 is 17.8 Å². The Morgan fingerprint density at radius 2 is 1.50 bits per heavy atom. The van der Waals surface area contributed by atoms with E-state index in [0.29, 0.717) is 17.1 Å². The highest BCUT2D eigenvalue weighted by molar-refractivity contribution is 6.10. The van der Waals surface area contributed by atoms with Crippen molar-refractivity contribution in [2.75, 3.05) is 17.2 Å². The van der Waals surface area contributed by atoms with Crippen LogP contribution in [-0.4, -0.2) is 29.5 Å². The van der Waals surface area contributed by atoms with Gasteiger partial charge >= 0.3 is 5.97 Å². The van der Waals surface area contributed by atoms with Crippen molar-refractivity contribution in [3.8, 4) is 5.75 Å². The maximum absolute atomic E-state index is 12.7. The van der Waals surface area contributed by atoms with Crippen molar-refractivity contribution in [2.45, 2.75) is 20.8 Å². The molecule has 164 valence electrons. The SMILES string of the molecule is Cc1cc(C)c(OCC(=O)Nc2ccccc2C(=O)Nc2ccc(C(=O)O)cc2)cc1C. The standard InChI is InChI=1S/C25H24N2O5/c1-15-12-17(3)22(13-16(15)2)32-14-23(28)27-21-7-5-4-6-20(21)24(29)26-19-10-8-18(9-11-19)25(30)31/h4-13H,14H2,1-3H3,(H,26,29)(H,27,28)(H,30,31). The molecule has 0 unspecified atom stereocenters. The van der Waals surface area contributed by atoms with Gasteiger partial charge in [0.1, 0.15) is 5.75 Å². The van der Waals surface area contributed by atoms with Crippen LogP contribution in [0.1, 0.15) is 37.4 Å². The predicted molar refractivity (Wildman–Crippen MR) is 123 cm³/mol. The molecule has 0 aliphatic heterocycles. The molecule has 0 aliphatic carbocycles. The van der Waals surface area contributed by atoms with E-state index in [0.717, 1.165) is 16.7 Å². The second-order valence-corrected chi connectivity index (χ2v) is 7.42. The number of hydrogen-bond donors (Lipinski definition) is 3. The van der Waals surface area contributed by atoms with Crippen LogP contribution in [0.15, 0.2) is 60.7 Å². The summed E-state index contributed by atoms with van der Waals surface area (Å²) in [6.45, 7) is 5.71. The highest BCUT2D eigenvalue weighted by atomic mass is 16.5. The lowest BCUT2D eigenvalue weighted by Crippen LogP contribution is -2.23. The molecule has 3 N–H and O–H groups in total. The summed E-state index contributed by atoms with van der Waals surface area (Å²) in [5.74, 6) is -1.24. The first-order chi connectivity index (χ1) is 15.2. The van der Waals surface area contributed by atoms with Crippen molar-refractivity contribution >= 4 is 29.2 Å². The number of hydrogen-bond acceptors (Lipinski definition) is 4. The van der Waals surface area contributed by atoms with Gasteiger partial charge in [-0.3, -0.25) is 9.59 Å². The minimum absolute atomic E-state index is 0.120. The normalized spacial score (nSPS) is 10.3. The van der Waals surface area contributed by atoms with Gasteiger partial charge in [-0.1, -0.05) is 18.2 Å². The van der Waals surface area contributed by atoms with Crippen LogP contribution >= 0.6 is 0 Å². The van der Waals surface area contributed by atoms with E-state index in [4.69, 9.17) is 9.84 Å². The topological polar surface area (TPSA) is 105 Å². The summed E-state index contributed by atoms with van der Waals surface area (Å²) in [7, 11) is 0. The third-order valence-corrected chi connectivity index (χ3v) is 4.99. The summed E-state index contributed by atoms with van der Waals surface area (Å²) in [6.07, 6.45) is 0. The number of carbonyl (C=O) groups is 3. The fourth-order valence-electron chi connectivity index (χ4n) is 3.10. The number of carbonyl (C=O) groups excluding carboxylic acids is 2. The van der Waals surface area contributed by atoms with Crippen LogP contribution in [0, 0.1) is 20.8 Å². The van der Waals surface area contributed by atoms with Crippen molar-refractivity contribution in [2.24, 2.45) is 0 Å². The van der Waals surface area contributed by atoms with Crippen LogP contribution in [0.3, 0.4) is 0 Å². The smallest absolute Gasteiger partial charge is 0.335 e. The van der Waals surface area contributed by atoms with Crippen molar-refractivity contribution < 1.29 is 24.2 Å². The number of nitrogens with one attached hydrogen (secondary N) is 2. The lowest BCUT2D eigenvalue weighted by Gasteiger charge is -2.14. The van der Waals surface area contributed by atoms with Gasteiger partial charge in [-0.2, -0.15) is 0 Å². The van der Waals surface area contributed by atoms with Crippen LogP contribution in [0.25, 0.3) is 0 Å². The minimum Gasteiger partial charge on any atom is -0.483 e. The van der Waals surface area contributed by atoms with Crippen LogP contribution in [0.2, 0.25) is 0 Å². The second kappa shape index (κ2) is 9.78. The van der Waals surface area contributed by atoms with Crippen molar-refractivity contribution in [3.63, 3.8) is 0 Å². The molecule has 0 heterocycles. The number of aryl methyl sites for hydroxylation is 3. The molecule has 0 fully saturated rings. The Bertz CT molecular complexity index is 1170. The van der Waals surface area contributed by atoms with Gasteiger partial charge in [0.2, 0.25) is 0 Å². The number of aromatic carboxylic acids is 1. The molecule has 0 radical (unpaired) electrons. The van der Waals surface area contributed by atoms with Crippen LogP contribution < -0.4 is 15.4 Å². The molecule has 0 atom stereocenters. The molecule has 3 aromatic carbocycles. The Morgan fingerprint density at radius 3 is 2.19 bits per heavy atom. The third-order valence-electron chi connectivity index (χ3n) is 4.99. The first kappa shape index (κ1) is 22.6. The Labute approximate surface area is 186 Å². The molecule has 0 saturated heterocycles. The summed E-state index contributed by atoms with van der Waals surface area (Å²) in [5, 5.41) is 14.4. The number of benzene rings is 3. The molecule has 0 aliphatic rings. The maximum atomic E-state index is 12.7. The molecular formula is C25H24N2O5. The fraction of sp³-hybridized carbons (Fsp3) is 0.160. The Kier molecular flexibility index (Phi) is 6.90. The van der Waals surface area contributed by atoms with Gasteiger partial charge in [-0.25, -0.2) is 4.79 Å². The van der Waals surface area contributed by atoms with Gasteiger partial charge in [-0.05, 0) is 79.9 Å². The number of anilines is 2. The monoisotopic (exact) mass is 432 g/mol. The predicted octanol–water partition coefficient (Wildman–Crippen LogP) is 4.58. The lowest BCUT2D eigenvalue weighted by molar-refractivity contribution is -0.118. The number of para-hydroxylation sites is 1. The van der Waals surface area contributed by atoms with Crippen LogP contribution in [-0.2, 0) is 4.79 Å². The molecule has 2 amide bonds. The zero-order valence-electron chi connectivity index (χ0n) is 18.1. The average molecular weight is 432 g/mol. The van der Waals surface area contributed by atoms with Gasteiger partial charge in [0, 0.05) is 5.69 Å². The summed E-state index contributed by atoms with van der Waals surface area (Å²) in [6, 6.07) is 16.3. The van der Waals surface area contributed by atoms with Gasteiger partial charge in [0.25, 0.3) is 11.8 Å². The Morgan fingerprint density at radius 1 is 0.844 bits per heavy atom. The van der Waals surface area contributed by atoms with E-state index in [-0.39, 0.29) is 17.7 Å². The van der Waals surface area contributed by atoms with Crippen molar-refractivity contribution in [1.82, 2.24) is 0 Å². The number of carboxylic acid groups (broad SMARTS) is 1. The zero-order chi connectivity index (χ0) is 23.3. The largest absolute Gasteiger partial charge is 0.483 e. The molecule has 32 heavy (non-hydrogen) atoms. The fourth-order valence-corrected chi connectivity index (χ4v) is 3.10. The van der Waals surface area contributed by atoms with Gasteiger partial charge in [0.05, 0.1) is 16.8 Å². The summed E-state index contributed by atoms with van der Waals surface area (Å²) >= 11 is 0. The highest BCUT2D eigenvalue weighted by Gasteiger charge is 2.15. The third kappa shape index (κ3) is 5.51. The van der Waals surface area contributed by atoms with Crippen molar-refractivity contribution in [3.05, 3.63) is 88.5 Å². The minimum atomic E-state index is -1.05. The summed E-state index contributed by atoms with van der Waals surface area (Å²) in [4.78, 5) is 36.1. The zero-order valence-corrected chi connectivity index (χ0v) is 18.1. The lowest BCUT2D eigenvalue weighted by atomic mass is 10.1. The first-order valence-corrected chi connectivity index (χ1v) is 9.99. The van der Waals surface area contributed by atoms with Crippen LogP contribution in [0.5, 0.6) is 5.75 Å². The van der Waals surface area contributed by atoms with E-state index in [1.807, 2.05) is 32.9 Å². The molecule has 0 bridgehead atoms. The average Bonchev–Trinajstić information content (AvgIpc) is 2.76. The Balaban J connectivity index is 1.66. The summed E-state index contributed by atoms with van der Waals surface area (Å²) < 4.78 is 5.67. The van der Waals surface area contributed by atoms with Crippen molar-refractivity contribution in [1.29, 1.82) is 0 Å². The highest BCUT2D eigenvalue weighted by Crippen LogP contribution is 2.23. The second-order valence-electron chi connectivity index (χ2n) is 7.42. The summed E-state index contributed by atoms with van der Waals surface area (Å²) in [5.41, 5.74) is 4.34. The maximum Gasteiger partial charge on any atom is 0.335 e. The Hall–Kier alpha value is -4.13. The number of rotatable bonds is 7. The van der Waals surface area contributed by atoms with E-state index in [1.54, 1.807) is 24.3 Å². The number of ether oxygens (including phenoxy) is 1. The molecule has 0 aromatic heterocycles. The molecule has 0 saturated carbocycles. The molecule has 0 spiro atoms.